The summed E-state index contributed by atoms with van der Waals surface area (Å²) in [6.07, 6.45) is 7.40. The van der Waals surface area contributed by atoms with E-state index in [1.807, 2.05) is 74.8 Å². The molecule has 0 atom stereocenters. The van der Waals surface area contributed by atoms with Crippen molar-refractivity contribution >= 4 is 0 Å². The smallest absolute Gasteiger partial charge is 0.245 e. The average molecular weight is 686 g/mol. The molecule has 1 aliphatic rings. The summed E-state index contributed by atoms with van der Waals surface area (Å²) in [5.41, 5.74) is 14.4. The molecule has 0 fully saturated rings. The van der Waals surface area contributed by atoms with Crippen LogP contribution in [0.25, 0.3) is 78.1 Å². The summed E-state index contributed by atoms with van der Waals surface area (Å²) < 4.78 is 13.2. The molecule has 0 amide bonds. The highest BCUT2D eigenvalue weighted by atomic mass is 16.7. The van der Waals surface area contributed by atoms with Gasteiger partial charge in [0, 0.05) is 72.0 Å². The standard InChI is InChI=1S/C48H35N3O2/c1-48(2)52-46-20-18-34(38-23-39(36-15-9-21-49-30-36)25-40(24-38)37-16-10-22-50-31-37)26-43(46)42-19-17-35(29-47(42)53-48)41-27-44(32-11-5-3-6-12-32)51-45(28-41)33-13-7-4-8-14-33/h3-31H,1-2H3. The highest BCUT2D eigenvalue weighted by Crippen LogP contribution is 2.46. The lowest BCUT2D eigenvalue weighted by Gasteiger charge is -2.26. The molecule has 4 heterocycles. The first-order valence-corrected chi connectivity index (χ1v) is 17.7. The van der Waals surface area contributed by atoms with Crippen LogP contribution < -0.4 is 9.47 Å². The van der Waals surface area contributed by atoms with Gasteiger partial charge >= 0.3 is 0 Å². The predicted octanol–water partition coefficient (Wildman–Crippen LogP) is 12.0. The number of rotatable bonds is 6. The Hall–Kier alpha value is -6.85. The Morgan fingerprint density at radius 1 is 0.377 bits per heavy atom. The van der Waals surface area contributed by atoms with Gasteiger partial charge in [0.2, 0.25) is 5.79 Å². The molecule has 0 saturated carbocycles. The van der Waals surface area contributed by atoms with Crippen molar-refractivity contribution in [2.75, 3.05) is 0 Å². The van der Waals surface area contributed by atoms with Gasteiger partial charge in [0.25, 0.3) is 0 Å². The van der Waals surface area contributed by atoms with Gasteiger partial charge in [0.15, 0.2) is 0 Å². The molecule has 3 aromatic heterocycles. The molecule has 0 spiro atoms. The van der Waals surface area contributed by atoms with Crippen LogP contribution in [0, 0.1) is 0 Å². The molecule has 1 aliphatic heterocycles. The Labute approximate surface area is 309 Å². The van der Waals surface area contributed by atoms with Gasteiger partial charge in [-0.3, -0.25) is 9.97 Å². The lowest BCUT2D eigenvalue weighted by molar-refractivity contribution is -0.0778. The van der Waals surface area contributed by atoms with Crippen LogP contribution in [0.15, 0.2) is 176 Å². The first kappa shape index (κ1) is 32.1. The molecule has 5 heteroatoms. The van der Waals surface area contributed by atoms with E-state index >= 15 is 0 Å². The maximum absolute atomic E-state index is 6.67. The summed E-state index contributed by atoms with van der Waals surface area (Å²) in [6, 6.07) is 52.5. The van der Waals surface area contributed by atoms with E-state index in [4.69, 9.17) is 14.5 Å². The zero-order valence-corrected chi connectivity index (χ0v) is 29.4. The third-order valence-corrected chi connectivity index (χ3v) is 9.52. The molecule has 53 heavy (non-hydrogen) atoms. The monoisotopic (exact) mass is 685 g/mol. The third kappa shape index (κ3) is 6.57. The fraction of sp³-hybridized carbons (Fsp3) is 0.0625. The second-order valence-corrected chi connectivity index (χ2v) is 13.7. The lowest BCUT2D eigenvalue weighted by atomic mass is 9.92. The van der Waals surface area contributed by atoms with E-state index in [0.717, 1.165) is 89.6 Å². The Balaban J connectivity index is 1.17. The van der Waals surface area contributed by atoms with Crippen molar-refractivity contribution in [1.29, 1.82) is 0 Å². The molecule has 9 rings (SSSR count). The van der Waals surface area contributed by atoms with Gasteiger partial charge in [0.05, 0.1) is 11.4 Å². The van der Waals surface area contributed by atoms with Crippen molar-refractivity contribution in [2.45, 2.75) is 19.6 Å². The van der Waals surface area contributed by atoms with Crippen molar-refractivity contribution in [3.05, 3.63) is 176 Å². The number of benzene rings is 5. The fourth-order valence-electron chi connectivity index (χ4n) is 6.97. The number of hydrogen-bond acceptors (Lipinski definition) is 5. The number of hydrogen-bond donors (Lipinski definition) is 0. The molecule has 0 saturated heterocycles. The molecule has 0 bridgehead atoms. The fourth-order valence-corrected chi connectivity index (χ4v) is 6.97. The van der Waals surface area contributed by atoms with Gasteiger partial charge in [-0.2, -0.15) is 0 Å². The predicted molar refractivity (Wildman–Crippen MR) is 213 cm³/mol. The maximum atomic E-state index is 6.67. The first-order valence-electron chi connectivity index (χ1n) is 17.7. The van der Waals surface area contributed by atoms with Crippen molar-refractivity contribution in [3.8, 4) is 89.6 Å². The van der Waals surface area contributed by atoms with E-state index in [0.29, 0.717) is 0 Å². The molecule has 0 radical (unpaired) electrons. The number of aromatic nitrogens is 3. The summed E-state index contributed by atoms with van der Waals surface area (Å²) in [6.45, 7) is 3.91. The number of fused-ring (bicyclic) bond motifs is 3. The normalized spacial score (nSPS) is 12.8. The zero-order valence-electron chi connectivity index (χ0n) is 29.4. The van der Waals surface area contributed by atoms with Crippen molar-refractivity contribution in [2.24, 2.45) is 0 Å². The van der Waals surface area contributed by atoms with Gasteiger partial charge in [-0.25, -0.2) is 4.98 Å². The highest BCUT2D eigenvalue weighted by Gasteiger charge is 2.30. The minimum absolute atomic E-state index is 0.753. The van der Waals surface area contributed by atoms with Gasteiger partial charge in [-0.1, -0.05) is 84.9 Å². The van der Waals surface area contributed by atoms with Crippen LogP contribution in [0.5, 0.6) is 11.5 Å². The van der Waals surface area contributed by atoms with Crippen LogP contribution in [-0.2, 0) is 0 Å². The van der Waals surface area contributed by atoms with Crippen molar-refractivity contribution < 1.29 is 9.47 Å². The molecule has 8 aromatic rings. The van der Waals surface area contributed by atoms with E-state index in [-0.39, 0.29) is 0 Å². The SMILES string of the molecule is CC1(C)Oc2cc(-c3cc(-c4ccccc4)nc(-c4ccccc4)c3)ccc2-c2cc(-c3cc(-c4cccnc4)cc(-c4cccnc4)c3)ccc2O1. The van der Waals surface area contributed by atoms with E-state index < -0.39 is 5.79 Å². The van der Waals surface area contributed by atoms with Gasteiger partial charge < -0.3 is 9.47 Å². The molecule has 5 aromatic carbocycles. The van der Waals surface area contributed by atoms with E-state index in [9.17, 15) is 0 Å². The summed E-state index contributed by atoms with van der Waals surface area (Å²) in [5, 5.41) is 0. The minimum Gasteiger partial charge on any atom is -0.452 e. The maximum Gasteiger partial charge on any atom is 0.245 e. The van der Waals surface area contributed by atoms with E-state index in [1.165, 1.54) is 0 Å². The van der Waals surface area contributed by atoms with Crippen LogP contribution in [-0.4, -0.2) is 20.7 Å². The first-order chi connectivity index (χ1) is 26.0. The summed E-state index contributed by atoms with van der Waals surface area (Å²) in [7, 11) is 0. The second-order valence-electron chi connectivity index (χ2n) is 13.7. The Bertz CT molecular complexity index is 2460. The van der Waals surface area contributed by atoms with Crippen LogP contribution in [0.2, 0.25) is 0 Å². The van der Waals surface area contributed by atoms with Crippen molar-refractivity contribution in [3.63, 3.8) is 0 Å². The van der Waals surface area contributed by atoms with Gasteiger partial charge in [0.1, 0.15) is 11.5 Å². The number of pyridine rings is 3. The molecule has 0 unspecified atom stereocenters. The zero-order chi connectivity index (χ0) is 35.8. The molecule has 0 aliphatic carbocycles. The Morgan fingerprint density at radius 2 is 0.868 bits per heavy atom. The topological polar surface area (TPSA) is 57.1 Å². The molecular formula is C48H35N3O2. The Kier molecular flexibility index (Phi) is 8.09. The third-order valence-electron chi connectivity index (χ3n) is 9.52. The Morgan fingerprint density at radius 3 is 1.43 bits per heavy atom. The molecule has 5 nitrogen and oxygen atoms in total. The minimum atomic E-state index is -0.906. The highest BCUT2D eigenvalue weighted by molar-refractivity contribution is 5.87. The molecule has 0 N–H and O–H groups in total. The second kappa shape index (κ2) is 13.4. The summed E-state index contributed by atoms with van der Waals surface area (Å²) in [5.74, 6) is 0.613. The number of ether oxygens (including phenoxy) is 2. The van der Waals surface area contributed by atoms with Crippen LogP contribution in [0.4, 0.5) is 0 Å². The largest absolute Gasteiger partial charge is 0.452 e. The van der Waals surface area contributed by atoms with E-state index in [2.05, 4.69) is 113 Å². The number of nitrogens with zero attached hydrogens (tertiary/aromatic N) is 3. The molecule has 254 valence electrons. The summed E-state index contributed by atoms with van der Waals surface area (Å²) >= 11 is 0. The van der Waals surface area contributed by atoms with Gasteiger partial charge in [-0.15, -0.1) is 0 Å². The quantitative estimate of drug-likeness (QED) is 0.174. The van der Waals surface area contributed by atoms with Crippen LogP contribution >= 0.6 is 0 Å². The molecular weight excluding hydrogens is 651 g/mol. The average Bonchev–Trinajstić information content (AvgIpc) is 3.33. The van der Waals surface area contributed by atoms with Crippen LogP contribution in [0.1, 0.15) is 13.8 Å². The van der Waals surface area contributed by atoms with Crippen molar-refractivity contribution in [1.82, 2.24) is 15.0 Å². The van der Waals surface area contributed by atoms with Crippen LogP contribution in [0.3, 0.4) is 0 Å². The lowest BCUT2D eigenvalue weighted by Crippen LogP contribution is -2.34. The van der Waals surface area contributed by atoms with Gasteiger partial charge in [-0.05, 0) is 100 Å². The van der Waals surface area contributed by atoms with E-state index in [1.54, 1.807) is 12.4 Å². The summed E-state index contributed by atoms with van der Waals surface area (Å²) in [4.78, 5) is 13.9.